The number of anilines is 1. The topological polar surface area (TPSA) is 55.4 Å². The number of benzene rings is 3. The van der Waals surface area contributed by atoms with Crippen LogP contribution >= 0.6 is 23.2 Å². The quantitative estimate of drug-likeness (QED) is 0.635. The first-order chi connectivity index (χ1) is 12.5. The number of ether oxygens (including phenoxy) is 1. The molecule has 1 N–H and O–H groups in total. The highest BCUT2D eigenvalue weighted by atomic mass is 35.5. The van der Waals surface area contributed by atoms with Gasteiger partial charge in [0.15, 0.2) is 6.61 Å². The lowest BCUT2D eigenvalue weighted by Crippen LogP contribution is -2.21. The lowest BCUT2D eigenvalue weighted by molar-refractivity contribution is -0.146. The molecule has 0 saturated carbocycles. The first-order valence-electron chi connectivity index (χ1n) is 7.90. The third kappa shape index (κ3) is 4.54. The molecule has 6 heteroatoms. The average molecular weight is 388 g/mol. The molecule has 3 aromatic carbocycles. The number of halogens is 2. The van der Waals surface area contributed by atoms with E-state index in [1.807, 2.05) is 36.4 Å². The molecule has 0 bridgehead atoms. The van der Waals surface area contributed by atoms with Gasteiger partial charge in [0.05, 0.1) is 16.5 Å². The lowest BCUT2D eigenvalue weighted by atomic mass is 10.1. The molecular weight excluding hydrogens is 373 g/mol. The van der Waals surface area contributed by atoms with Crippen LogP contribution in [0.1, 0.15) is 5.56 Å². The first-order valence-corrected chi connectivity index (χ1v) is 8.66. The predicted molar refractivity (Wildman–Crippen MR) is 104 cm³/mol. The SMILES string of the molecule is O=C(COC(=O)Cc1ccc(Cl)c(Cl)c1)Nc1cccc2ccccc12. The van der Waals surface area contributed by atoms with Crippen LogP contribution in [0.25, 0.3) is 10.8 Å². The van der Waals surface area contributed by atoms with Gasteiger partial charge in [0.25, 0.3) is 5.91 Å². The predicted octanol–water partition coefficient (Wildman–Crippen LogP) is 4.87. The molecule has 0 atom stereocenters. The highest BCUT2D eigenvalue weighted by Gasteiger charge is 2.11. The summed E-state index contributed by atoms with van der Waals surface area (Å²) in [6, 6.07) is 18.2. The van der Waals surface area contributed by atoms with E-state index >= 15 is 0 Å². The van der Waals surface area contributed by atoms with Crippen molar-refractivity contribution in [3.63, 3.8) is 0 Å². The Hall–Kier alpha value is -2.56. The first kappa shape index (κ1) is 18.2. The number of esters is 1. The van der Waals surface area contributed by atoms with Crippen LogP contribution in [0.15, 0.2) is 60.7 Å². The molecule has 0 radical (unpaired) electrons. The third-order valence-electron chi connectivity index (χ3n) is 3.76. The van der Waals surface area contributed by atoms with Crippen LogP contribution in [-0.2, 0) is 20.7 Å². The Morgan fingerprint density at radius 2 is 1.69 bits per heavy atom. The van der Waals surface area contributed by atoms with E-state index in [0.29, 0.717) is 21.3 Å². The Balaban J connectivity index is 1.56. The highest BCUT2D eigenvalue weighted by Crippen LogP contribution is 2.24. The van der Waals surface area contributed by atoms with Gasteiger partial charge in [-0.05, 0) is 29.1 Å². The zero-order valence-corrected chi connectivity index (χ0v) is 15.2. The summed E-state index contributed by atoms with van der Waals surface area (Å²) in [5.74, 6) is -0.916. The van der Waals surface area contributed by atoms with Crippen LogP contribution in [0.4, 0.5) is 5.69 Å². The van der Waals surface area contributed by atoms with E-state index in [0.717, 1.165) is 10.8 Å². The maximum Gasteiger partial charge on any atom is 0.310 e. The summed E-state index contributed by atoms with van der Waals surface area (Å²) >= 11 is 11.8. The molecule has 3 aromatic rings. The van der Waals surface area contributed by atoms with Gasteiger partial charge in [-0.25, -0.2) is 0 Å². The maximum absolute atomic E-state index is 12.1. The average Bonchev–Trinajstić information content (AvgIpc) is 2.63. The second-order valence-electron chi connectivity index (χ2n) is 5.66. The van der Waals surface area contributed by atoms with Gasteiger partial charge in [0.2, 0.25) is 0 Å². The standard InChI is InChI=1S/C20H15Cl2NO3/c21-16-9-8-13(10-17(16)22)11-20(25)26-12-19(24)23-18-7-3-5-14-4-1-2-6-15(14)18/h1-10H,11-12H2,(H,23,24). The number of nitrogens with one attached hydrogen (secondary N) is 1. The largest absolute Gasteiger partial charge is 0.455 e. The van der Waals surface area contributed by atoms with Crippen molar-refractivity contribution in [1.29, 1.82) is 0 Å². The third-order valence-corrected chi connectivity index (χ3v) is 4.50. The van der Waals surface area contributed by atoms with E-state index in [9.17, 15) is 9.59 Å². The van der Waals surface area contributed by atoms with E-state index in [4.69, 9.17) is 27.9 Å². The van der Waals surface area contributed by atoms with Gasteiger partial charge in [-0.1, -0.05) is 65.7 Å². The van der Waals surface area contributed by atoms with Crippen molar-refractivity contribution >= 4 is 51.5 Å². The number of amides is 1. The summed E-state index contributed by atoms with van der Waals surface area (Å²) < 4.78 is 5.04. The molecule has 0 spiro atoms. The monoisotopic (exact) mass is 387 g/mol. The maximum atomic E-state index is 12.1. The molecule has 0 saturated heterocycles. The Bertz CT molecular complexity index is 967. The molecule has 0 aliphatic heterocycles. The molecule has 0 aliphatic carbocycles. The smallest absolute Gasteiger partial charge is 0.310 e. The van der Waals surface area contributed by atoms with Crippen molar-refractivity contribution in [3.05, 3.63) is 76.3 Å². The van der Waals surface area contributed by atoms with E-state index in [2.05, 4.69) is 5.32 Å². The Morgan fingerprint density at radius 3 is 2.50 bits per heavy atom. The van der Waals surface area contributed by atoms with Gasteiger partial charge < -0.3 is 10.1 Å². The van der Waals surface area contributed by atoms with Crippen LogP contribution in [0, 0.1) is 0 Å². The van der Waals surface area contributed by atoms with E-state index in [1.165, 1.54) is 0 Å². The fourth-order valence-corrected chi connectivity index (χ4v) is 2.85. The molecule has 0 fully saturated rings. The number of carbonyl (C=O) groups is 2. The molecule has 0 aliphatic rings. The lowest BCUT2D eigenvalue weighted by Gasteiger charge is -2.09. The van der Waals surface area contributed by atoms with Crippen molar-refractivity contribution in [3.8, 4) is 0 Å². The number of fused-ring (bicyclic) bond motifs is 1. The number of hydrogen-bond donors (Lipinski definition) is 1. The van der Waals surface area contributed by atoms with Gasteiger partial charge in [0, 0.05) is 11.1 Å². The van der Waals surface area contributed by atoms with Crippen molar-refractivity contribution in [2.45, 2.75) is 6.42 Å². The normalized spacial score (nSPS) is 10.5. The Labute approximate surface area is 160 Å². The van der Waals surface area contributed by atoms with Crippen molar-refractivity contribution < 1.29 is 14.3 Å². The number of carbonyl (C=O) groups excluding carboxylic acids is 2. The summed E-state index contributed by atoms with van der Waals surface area (Å²) in [5, 5.41) is 5.48. The molecule has 4 nitrogen and oxygen atoms in total. The second kappa shape index (κ2) is 8.21. The Morgan fingerprint density at radius 1 is 0.923 bits per heavy atom. The van der Waals surface area contributed by atoms with Gasteiger partial charge in [-0.3, -0.25) is 9.59 Å². The minimum atomic E-state index is -0.517. The van der Waals surface area contributed by atoms with E-state index in [-0.39, 0.29) is 13.0 Å². The van der Waals surface area contributed by atoms with Crippen molar-refractivity contribution in [1.82, 2.24) is 0 Å². The summed E-state index contributed by atoms with van der Waals surface area (Å²) in [6.45, 7) is -0.358. The van der Waals surface area contributed by atoms with Gasteiger partial charge in [-0.15, -0.1) is 0 Å². The van der Waals surface area contributed by atoms with Gasteiger partial charge in [-0.2, -0.15) is 0 Å². The number of rotatable bonds is 5. The highest BCUT2D eigenvalue weighted by molar-refractivity contribution is 6.42. The Kier molecular flexibility index (Phi) is 5.76. The second-order valence-corrected chi connectivity index (χ2v) is 6.48. The zero-order valence-electron chi connectivity index (χ0n) is 13.7. The summed E-state index contributed by atoms with van der Waals surface area (Å²) in [4.78, 5) is 24.0. The molecule has 26 heavy (non-hydrogen) atoms. The summed E-state index contributed by atoms with van der Waals surface area (Å²) in [7, 11) is 0. The fraction of sp³-hybridized carbons (Fsp3) is 0.100. The van der Waals surface area contributed by atoms with Gasteiger partial charge in [0.1, 0.15) is 0 Å². The molecular formula is C20H15Cl2NO3. The van der Waals surface area contributed by atoms with Crippen LogP contribution in [0.2, 0.25) is 10.0 Å². The molecule has 1 amide bonds. The molecule has 132 valence electrons. The molecule has 0 aromatic heterocycles. The molecule has 0 unspecified atom stereocenters. The minimum absolute atomic E-state index is 0.0123. The van der Waals surface area contributed by atoms with Crippen LogP contribution in [0.5, 0.6) is 0 Å². The number of hydrogen-bond acceptors (Lipinski definition) is 3. The van der Waals surface area contributed by atoms with Crippen LogP contribution in [-0.4, -0.2) is 18.5 Å². The summed E-state index contributed by atoms with van der Waals surface area (Å²) in [5.41, 5.74) is 1.34. The van der Waals surface area contributed by atoms with Crippen LogP contribution < -0.4 is 5.32 Å². The van der Waals surface area contributed by atoms with E-state index in [1.54, 1.807) is 24.3 Å². The summed E-state index contributed by atoms with van der Waals surface area (Å²) in [6.07, 6.45) is 0.0123. The van der Waals surface area contributed by atoms with Crippen molar-refractivity contribution in [2.24, 2.45) is 0 Å². The zero-order chi connectivity index (χ0) is 18.5. The minimum Gasteiger partial charge on any atom is -0.455 e. The molecule has 0 heterocycles. The van der Waals surface area contributed by atoms with Crippen molar-refractivity contribution in [2.75, 3.05) is 11.9 Å². The fourth-order valence-electron chi connectivity index (χ4n) is 2.53. The van der Waals surface area contributed by atoms with Gasteiger partial charge >= 0.3 is 5.97 Å². The van der Waals surface area contributed by atoms with Crippen LogP contribution in [0.3, 0.4) is 0 Å². The molecule has 3 rings (SSSR count). The van der Waals surface area contributed by atoms with E-state index < -0.39 is 11.9 Å².